The van der Waals surface area contributed by atoms with Gasteiger partial charge in [-0.05, 0) is 29.1 Å². The van der Waals surface area contributed by atoms with E-state index in [1.165, 1.54) is 18.4 Å². The molecule has 2 aromatic rings. The van der Waals surface area contributed by atoms with Crippen molar-refractivity contribution < 1.29 is 14.3 Å². The lowest BCUT2D eigenvalue weighted by Gasteiger charge is -2.18. The second-order valence-corrected chi connectivity index (χ2v) is 5.72. The molecule has 110 valence electrons. The van der Waals surface area contributed by atoms with E-state index >= 15 is 0 Å². The molecule has 0 radical (unpaired) electrons. The van der Waals surface area contributed by atoms with E-state index in [1.807, 2.05) is 5.38 Å². The van der Waals surface area contributed by atoms with Crippen LogP contribution in [0.15, 0.2) is 41.8 Å². The number of carbonyl (C=O) groups is 2. The highest BCUT2D eigenvalue weighted by Gasteiger charge is 2.20. The summed E-state index contributed by atoms with van der Waals surface area (Å²) in [5.74, 6) is -0.602. The van der Waals surface area contributed by atoms with E-state index < -0.39 is 6.04 Å². The van der Waals surface area contributed by atoms with Gasteiger partial charge >= 0.3 is 5.97 Å². The number of methoxy groups -OCH3 is 1. The summed E-state index contributed by atoms with van der Waals surface area (Å²) in [6, 6.07) is 10.1. The van der Waals surface area contributed by atoms with Gasteiger partial charge in [-0.15, -0.1) is 11.3 Å². The Morgan fingerprint density at radius 1 is 1.29 bits per heavy atom. The van der Waals surface area contributed by atoms with Crippen LogP contribution < -0.4 is 5.32 Å². The number of hydrogen-bond donors (Lipinski definition) is 1. The zero-order valence-electron chi connectivity index (χ0n) is 11.3. The standard InChI is InChI=1S/C15H14ClNO3S/c1-20-14(18)9-12(10-4-6-11(16)7-5-10)17-15(19)13-3-2-8-21-13/h2-8,12H,9H2,1H3,(H,17,19). The monoisotopic (exact) mass is 323 g/mol. The van der Waals surface area contributed by atoms with E-state index in [4.69, 9.17) is 11.6 Å². The smallest absolute Gasteiger partial charge is 0.307 e. The molecule has 21 heavy (non-hydrogen) atoms. The third-order valence-electron chi connectivity index (χ3n) is 2.92. The van der Waals surface area contributed by atoms with E-state index in [0.717, 1.165) is 5.56 Å². The summed E-state index contributed by atoms with van der Waals surface area (Å²) in [5.41, 5.74) is 0.801. The molecule has 0 saturated carbocycles. The predicted octanol–water partition coefficient (Wildman–Crippen LogP) is 3.44. The minimum atomic E-state index is -0.454. The number of carbonyl (C=O) groups excluding carboxylic acids is 2. The maximum atomic E-state index is 12.1. The van der Waals surface area contributed by atoms with Crippen molar-refractivity contribution in [2.75, 3.05) is 7.11 Å². The fourth-order valence-electron chi connectivity index (χ4n) is 1.83. The molecule has 0 spiro atoms. The van der Waals surface area contributed by atoms with E-state index in [9.17, 15) is 9.59 Å². The summed E-state index contributed by atoms with van der Waals surface area (Å²) < 4.78 is 4.68. The largest absolute Gasteiger partial charge is 0.469 e. The molecule has 0 bridgehead atoms. The number of benzene rings is 1. The molecule has 1 atom stereocenters. The van der Waals surface area contributed by atoms with Gasteiger partial charge in [0.1, 0.15) is 0 Å². The van der Waals surface area contributed by atoms with Crippen LogP contribution in [0.3, 0.4) is 0 Å². The minimum Gasteiger partial charge on any atom is -0.469 e. The van der Waals surface area contributed by atoms with Gasteiger partial charge in [0.15, 0.2) is 0 Å². The SMILES string of the molecule is COC(=O)CC(NC(=O)c1cccs1)c1ccc(Cl)cc1. The highest BCUT2D eigenvalue weighted by Crippen LogP contribution is 2.21. The number of esters is 1. The van der Waals surface area contributed by atoms with Crippen molar-refractivity contribution in [2.45, 2.75) is 12.5 Å². The lowest BCUT2D eigenvalue weighted by atomic mass is 10.0. The van der Waals surface area contributed by atoms with Crippen LogP contribution in [0, 0.1) is 0 Å². The summed E-state index contributed by atoms with van der Waals surface area (Å²) in [6.45, 7) is 0. The zero-order valence-corrected chi connectivity index (χ0v) is 12.9. The second-order valence-electron chi connectivity index (χ2n) is 4.34. The summed E-state index contributed by atoms with van der Waals surface area (Å²) in [7, 11) is 1.32. The topological polar surface area (TPSA) is 55.4 Å². The Morgan fingerprint density at radius 3 is 2.57 bits per heavy atom. The molecule has 2 rings (SSSR count). The Kier molecular flexibility index (Phi) is 5.36. The number of halogens is 1. The van der Waals surface area contributed by atoms with Crippen molar-refractivity contribution in [1.29, 1.82) is 0 Å². The number of thiophene rings is 1. The predicted molar refractivity (Wildman–Crippen MR) is 82.6 cm³/mol. The second kappa shape index (κ2) is 7.24. The third kappa shape index (κ3) is 4.31. The molecule has 0 saturated heterocycles. The van der Waals surface area contributed by atoms with Gasteiger partial charge in [0, 0.05) is 5.02 Å². The van der Waals surface area contributed by atoms with Crippen molar-refractivity contribution >= 4 is 34.8 Å². The lowest BCUT2D eigenvalue weighted by Crippen LogP contribution is -2.30. The average Bonchev–Trinajstić information content (AvgIpc) is 3.01. The minimum absolute atomic E-state index is 0.0647. The first-order valence-corrected chi connectivity index (χ1v) is 7.52. The van der Waals surface area contributed by atoms with Gasteiger partial charge in [-0.25, -0.2) is 0 Å². The molecule has 1 heterocycles. The highest BCUT2D eigenvalue weighted by molar-refractivity contribution is 7.12. The zero-order chi connectivity index (χ0) is 15.2. The lowest BCUT2D eigenvalue weighted by molar-refractivity contribution is -0.141. The van der Waals surface area contributed by atoms with Crippen LogP contribution >= 0.6 is 22.9 Å². The Bertz CT molecular complexity index is 610. The van der Waals surface area contributed by atoms with Crippen LogP contribution in [0.5, 0.6) is 0 Å². The number of nitrogens with one attached hydrogen (secondary N) is 1. The van der Waals surface area contributed by atoms with Crippen molar-refractivity contribution in [2.24, 2.45) is 0 Å². The van der Waals surface area contributed by atoms with Gasteiger partial charge in [0.2, 0.25) is 0 Å². The van der Waals surface area contributed by atoms with E-state index in [1.54, 1.807) is 36.4 Å². The summed E-state index contributed by atoms with van der Waals surface area (Å²) in [5, 5.41) is 5.27. The first kappa shape index (κ1) is 15.5. The van der Waals surface area contributed by atoms with Crippen LogP contribution in [0.25, 0.3) is 0 Å². The molecule has 6 heteroatoms. The highest BCUT2D eigenvalue weighted by atomic mass is 35.5. The molecule has 0 fully saturated rings. The van der Waals surface area contributed by atoms with Gasteiger partial charge in [0.05, 0.1) is 24.4 Å². The summed E-state index contributed by atoms with van der Waals surface area (Å²) in [6.07, 6.45) is 0.0647. The first-order valence-electron chi connectivity index (χ1n) is 6.27. The van der Waals surface area contributed by atoms with Crippen molar-refractivity contribution in [3.8, 4) is 0 Å². The molecular formula is C15H14ClNO3S. The molecule has 4 nitrogen and oxygen atoms in total. The van der Waals surface area contributed by atoms with Crippen molar-refractivity contribution in [1.82, 2.24) is 5.32 Å². The molecule has 0 aliphatic carbocycles. The number of ether oxygens (including phenoxy) is 1. The Labute approximate surface area is 131 Å². The van der Waals surface area contributed by atoms with Gasteiger partial charge in [0.25, 0.3) is 5.91 Å². The number of rotatable bonds is 5. The Morgan fingerprint density at radius 2 is 2.00 bits per heavy atom. The van der Waals surface area contributed by atoms with Gasteiger partial charge in [-0.3, -0.25) is 9.59 Å². The maximum absolute atomic E-state index is 12.1. The van der Waals surface area contributed by atoms with E-state index in [0.29, 0.717) is 9.90 Å². The van der Waals surface area contributed by atoms with E-state index in [-0.39, 0.29) is 18.3 Å². The van der Waals surface area contributed by atoms with Crippen molar-refractivity contribution in [3.63, 3.8) is 0 Å². The van der Waals surface area contributed by atoms with Crippen LogP contribution in [0.2, 0.25) is 5.02 Å². The van der Waals surface area contributed by atoms with Crippen LogP contribution in [-0.4, -0.2) is 19.0 Å². The van der Waals surface area contributed by atoms with Crippen LogP contribution in [0.4, 0.5) is 0 Å². The number of amides is 1. The van der Waals surface area contributed by atoms with E-state index in [2.05, 4.69) is 10.1 Å². The normalized spacial score (nSPS) is 11.7. The third-order valence-corrected chi connectivity index (χ3v) is 4.04. The molecular weight excluding hydrogens is 310 g/mol. The maximum Gasteiger partial charge on any atom is 0.307 e. The number of hydrogen-bond acceptors (Lipinski definition) is 4. The summed E-state index contributed by atoms with van der Waals surface area (Å²) >= 11 is 7.20. The molecule has 1 amide bonds. The first-order chi connectivity index (χ1) is 10.1. The molecule has 0 aliphatic rings. The van der Waals surface area contributed by atoms with Gasteiger partial charge in [-0.1, -0.05) is 29.8 Å². The Hall–Kier alpha value is -1.85. The average molecular weight is 324 g/mol. The van der Waals surface area contributed by atoms with Crippen LogP contribution in [0.1, 0.15) is 27.7 Å². The van der Waals surface area contributed by atoms with Gasteiger partial charge in [-0.2, -0.15) is 0 Å². The van der Waals surface area contributed by atoms with Gasteiger partial charge < -0.3 is 10.1 Å². The molecule has 1 aromatic carbocycles. The van der Waals surface area contributed by atoms with Crippen LogP contribution in [-0.2, 0) is 9.53 Å². The fraction of sp³-hybridized carbons (Fsp3) is 0.200. The summed E-state index contributed by atoms with van der Waals surface area (Å²) in [4.78, 5) is 24.3. The quantitative estimate of drug-likeness (QED) is 0.858. The molecule has 0 aliphatic heterocycles. The molecule has 1 N–H and O–H groups in total. The van der Waals surface area contributed by atoms with Crippen molar-refractivity contribution in [3.05, 3.63) is 57.2 Å². The fourth-order valence-corrected chi connectivity index (χ4v) is 2.59. The molecule has 1 aromatic heterocycles. The Balaban J connectivity index is 2.17. The molecule has 1 unspecified atom stereocenters.